The summed E-state index contributed by atoms with van der Waals surface area (Å²) >= 11 is 0. The Labute approximate surface area is 208 Å². The van der Waals surface area contributed by atoms with Gasteiger partial charge in [-0.3, -0.25) is 0 Å². The summed E-state index contributed by atoms with van der Waals surface area (Å²) in [7, 11) is 0. The summed E-state index contributed by atoms with van der Waals surface area (Å²) in [5.74, 6) is 2.25. The van der Waals surface area contributed by atoms with E-state index in [0.29, 0.717) is 12.3 Å². The number of hydrogen-bond donors (Lipinski definition) is 1. The average molecular weight is 473 g/mol. The van der Waals surface area contributed by atoms with Crippen molar-refractivity contribution in [2.24, 2.45) is 11.8 Å². The lowest BCUT2D eigenvalue weighted by atomic mass is 9.86. The monoisotopic (exact) mass is 472 g/mol. The summed E-state index contributed by atoms with van der Waals surface area (Å²) in [5.41, 5.74) is 3.89. The molecule has 192 valence electrons. The average Bonchev–Trinajstić information content (AvgIpc) is 2.76. The van der Waals surface area contributed by atoms with Gasteiger partial charge in [-0.15, -0.1) is 0 Å². The molecular weight excluding hydrogens is 424 g/mol. The van der Waals surface area contributed by atoms with Crippen LogP contribution in [0.25, 0.3) is 0 Å². The molecule has 0 aromatic heterocycles. The summed E-state index contributed by atoms with van der Waals surface area (Å²) in [6.07, 6.45) is 12.8. The van der Waals surface area contributed by atoms with Gasteiger partial charge in [0.1, 0.15) is 17.1 Å². The van der Waals surface area contributed by atoms with E-state index in [0.717, 1.165) is 71.8 Å². The summed E-state index contributed by atoms with van der Waals surface area (Å²) in [6.45, 7) is 17.3. The maximum absolute atomic E-state index is 11.8. The topological polar surface area (TPSA) is 55.8 Å². The predicted molar refractivity (Wildman–Crippen MR) is 141 cm³/mol. The largest absolute Gasteiger partial charge is 0.483 e. The number of rotatable bonds is 13. The van der Waals surface area contributed by atoms with Crippen LogP contribution in [0.15, 0.2) is 12.2 Å². The molecule has 1 aromatic carbocycles. The summed E-state index contributed by atoms with van der Waals surface area (Å²) < 4.78 is 12.7. The number of benzene rings is 1. The molecule has 0 saturated heterocycles. The summed E-state index contributed by atoms with van der Waals surface area (Å²) in [6, 6.07) is 0. The van der Waals surface area contributed by atoms with Crippen LogP contribution in [0.2, 0.25) is 0 Å². The lowest BCUT2D eigenvalue weighted by Gasteiger charge is -2.36. The Morgan fingerprint density at radius 2 is 1.79 bits per heavy atom. The number of allylic oxidation sites excluding steroid dienone is 1. The molecule has 0 fully saturated rings. The van der Waals surface area contributed by atoms with Gasteiger partial charge in [0, 0.05) is 5.56 Å². The van der Waals surface area contributed by atoms with Crippen molar-refractivity contribution < 1.29 is 19.4 Å². The van der Waals surface area contributed by atoms with Crippen LogP contribution in [0.5, 0.6) is 11.5 Å². The molecule has 0 saturated carbocycles. The fourth-order valence-corrected chi connectivity index (χ4v) is 4.85. The SMILES string of the molecule is CCCCC(Oc1c(C)c(C)c2c(c1C)CCC(C)(/C=C/CC(C)CCCC(C)C)O2)C(=O)O. The zero-order chi connectivity index (χ0) is 25.5. The Hall–Kier alpha value is -1.97. The molecule has 0 bridgehead atoms. The highest BCUT2D eigenvalue weighted by molar-refractivity contribution is 5.73. The van der Waals surface area contributed by atoms with Crippen molar-refractivity contribution in [2.45, 2.75) is 125 Å². The van der Waals surface area contributed by atoms with E-state index in [1.807, 2.05) is 13.8 Å². The Bertz CT molecular complexity index is 854. The van der Waals surface area contributed by atoms with Gasteiger partial charge in [0.25, 0.3) is 0 Å². The smallest absolute Gasteiger partial charge is 0.344 e. The maximum Gasteiger partial charge on any atom is 0.344 e. The van der Waals surface area contributed by atoms with E-state index in [1.54, 1.807) is 0 Å². The minimum Gasteiger partial charge on any atom is -0.483 e. The lowest BCUT2D eigenvalue weighted by Crippen LogP contribution is -2.35. The minimum atomic E-state index is -0.893. The van der Waals surface area contributed by atoms with Crippen LogP contribution in [0.4, 0.5) is 0 Å². The normalized spacial score (nSPS) is 19.7. The number of carbonyl (C=O) groups is 1. The molecule has 34 heavy (non-hydrogen) atoms. The van der Waals surface area contributed by atoms with Gasteiger partial charge in [-0.25, -0.2) is 4.79 Å². The van der Waals surface area contributed by atoms with Gasteiger partial charge in [-0.1, -0.05) is 59.5 Å². The van der Waals surface area contributed by atoms with Crippen LogP contribution in [0.1, 0.15) is 108 Å². The van der Waals surface area contributed by atoms with Crippen molar-refractivity contribution in [2.75, 3.05) is 0 Å². The Balaban J connectivity index is 2.15. The van der Waals surface area contributed by atoms with Gasteiger partial charge < -0.3 is 14.6 Å². The number of fused-ring (bicyclic) bond motifs is 1. The molecular formula is C30H48O4. The van der Waals surface area contributed by atoms with Crippen molar-refractivity contribution in [1.82, 2.24) is 0 Å². The molecule has 1 aromatic rings. The molecule has 1 N–H and O–H groups in total. The van der Waals surface area contributed by atoms with E-state index in [4.69, 9.17) is 9.47 Å². The van der Waals surface area contributed by atoms with Crippen LogP contribution in [0.3, 0.4) is 0 Å². The second kappa shape index (κ2) is 12.7. The third kappa shape index (κ3) is 7.52. The molecule has 4 nitrogen and oxygen atoms in total. The first-order chi connectivity index (χ1) is 16.0. The third-order valence-electron chi connectivity index (χ3n) is 7.36. The molecule has 0 amide bonds. The van der Waals surface area contributed by atoms with Gasteiger partial charge in [-0.2, -0.15) is 0 Å². The zero-order valence-corrected chi connectivity index (χ0v) is 22.9. The quantitative estimate of drug-likeness (QED) is 0.294. The number of ether oxygens (including phenoxy) is 2. The molecule has 1 aliphatic heterocycles. The van der Waals surface area contributed by atoms with Crippen LogP contribution < -0.4 is 9.47 Å². The van der Waals surface area contributed by atoms with Gasteiger partial charge in [0.2, 0.25) is 0 Å². The van der Waals surface area contributed by atoms with Gasteiger partial charge in [0.05, 0.1) is 0 Å². The van der Waals surface area contributed by atoms with Crippen LogP contribution in [0, 0.1) is 32.6 Å². The molecule has 1 aliphatic rings. The highest BCUT2D eigenvalue weighted by atomic mass is 16.5. The first-order valence-electron chi connectivity index (χ1n) is 13.4. The second-order valence-corrected chi connectivity index (χ2v) is 11.1. The predicted octanol–water partition coefficient (Wildman–Crippen LogP) is 8.13. The Morgan fingerprint density at radius 1 is 1.09 bits per heavy atom. The van der Waals surface area contributed by atoms with Crippen molar-refractivity contribution >= 4 is 5.97 Å². The summed E-state index contributed by atoms with van der Waals surface area (Å²) in [5, 5.41) is 9.66. The minimum absolute atomic E-state index is 0.318. The van der Waals surface area contributed by atoms with Gasteiger partial charge in [-0.05, 0) is 94.4 Å². The zero-order valence-electron chi connectivity index (χ0n) is 22.9. The van der Waals surface area contributed by atoms with Crippen molar-refractivity contribution in [3.05, 3.63) is 34.4 Å². The number of aliphatic carboxylic acids is 1. The third-order valence-corrected chi connectivity index (χ3v) is 7.36. The Morgan fingerprint density at radius 3 is 2.41 bits per heavy atom. The van der Waals surface area contributed by atoms with Crippen LogP contribution in [-0.2, 0) is 11.2 Å². The molecule has 3 atom stereocenters. The van der Waals surface area contributed by atoms with Gasteiger partial charge in [0.15, 0.2) is 6.10 Å². The highest BCUT2D eigenvalue weighted by Gasteiger charge is 2.33. The Kier molecular flexibility index (Phi) is 10.5. The lowest BCUT2D eigenvalue weighted by molar-refractivity contribution is -0.145. The van der Waals surface area contributed by atoms with Crippen LogP contribution in [-0.4, -0.2) is 22.8 Å². The molecule has 0 aliphatic carbocycles. The fraction of sp³-hybridized carbons (Fsp3) is 0.700. The van der Waals surface area contributed by atoms with Crippen molar-refractivity contribution in [3.8, 4) is 11.5 Å². The van der Waals surface area contributed by atoms with E-state index in [9.17, 15) is 9.90 Å². The van der Waals surface area contributed by atoms with E-state index in [-0.39, 0.29) is 5.60 Å². The standard InChI is InChI=1S/C30H48O4/c1-9-10-16-26(29(31)32)33-27-22(5)23(6)28-25(24(27)7)17-19-30(8,34-28)18-12-15-21(4)14-11-13-20(2)3/h12,18,20-21,26H,9-11,13-17,19H2,1-8H3,(H,31,32)/b18-12+. The van der Waals surface area contributed by atoms with Crippen molar-refractivity contribution in [1.29, 1.82) is 0 Å². The van der Waals surface area contributed by atoms with Gasteiger partial charge >= 0.3 is 5.97 Å². The van der Waals surface area contributed by atoms with E-state index in [1.165, 1.54) is 19.3 Å². The second-order valence-electron chi connectivity index (χ2n) is 11.1. The molecule has 3 unspecified atom stereocenters. The molecule has 0 radical (unpaired) electrons. The molecule has 0 spiro atoms. The maximum atomic E-state index is 11.8. The molecule has 4 heteroatoms. The fourth-order valence-electron chi connectivity index (χ4n) is 4.85. The number of hydrogen-bond acceptors (Lipinski definition) is 3. The first-order valence-corrected chi connectivity index (χ1v) is 13.4. The first kappa shape index (κ1) is 28.3. The number of carboxylic acid groups (broad SMARTS) is 1. The van der Waals surface area contributed by atoms with E-state index in [2.05, 4.69) is 53.7 Å². The van der Waals surface area contributed by atoms with E-state index >= 15 is 0 Å². The van der Waals surface area contributed by atoms with E-state index < -0.39 is 12.1 Å². The van der Waals surface area contributed by atoms with Crippen LogP contribution >= 0.6 is 0 Å². The number of unbranched alkanes of at least 4 members (excludes halogenated alkanes) is 1. The molecule has 1 heterocycles. The summed E-state index contributed by atoms with van der Waals surface area (Å²) in [4.78, 5) is 11.8. The molecule has 2 rings (SSSR count). The highest BCUT2D eigenvalue weighted by Crippen LogP contribution is 2.44. The van der Waals surface area contributed by atoms with Crippen molar-refractivity contribution in [3.63, 3.8) is 0 Å². The number of carboxylic acids is 1.